The number of hydrogen-bond donors (Lipinski definition) is 2. The number of carbonyl (C=O) groups is 2. The molecule has 6 nitrogen and oxygen atoms in total. The van der Waals surface area contributed by atoms with Gasteiger partial charge >= 0.3 is 0 Å². The summed E-state index contributed by atoms with van der Waals surface area (Å²) in [6.45, 7) is 0. The van der Waals surface area contributed by atoms with Crippen molar-refractivity contribution in [3.05, 3.63) is 53.4 Å². The van der Waals surface area contributed by atoms with Crippen LogP contribution in [0.1, 0.15) is 20.7 Å². The predicted molar refractivity (Wildman–Crippen MR) is 88.6 cm³/mol. The molecule has 1 aliphatic rings. The van der Waals surface area contributed by atoms with E-state index in [9.17, 15) is 18.8 Å². The highest BCUT2D eigenvalue weighted by atomic mass is 79.9. The number of nitrogen functional groups attached to an aromatic ring is 1. The highest BCUT2D eigenvalue weighted by Gasteiger charge is 2.32. The highest BCUT2D eigenvalue weighted by molar-refractivity contribution is 9.11. The van der Waals surface area contributed by atoms with Crippen molar-refractivity contribution in [1.82, 2.24) is 9.88 Å². The summed E-state index contributed by atoms with van der Waals surface area (Å²) in [5.74, 6) is -2.37. The summed E-state index contributed by atoms with van der Waals surface area (Å²) in [6.07, 6.45) is 0. The average molecular weight is 465 g/mol. The molecule has 0 bridgehead atoms. The number of aromatic nitrogens is 1. The summed E-state index contributed by atoms with van der Waals surface area (Å²) in [6, 6.07) is 2.05. The summed E-state index contributed by atoms with van der Waals surface area (Å²) < 4.78 is 14.9. The van der Waals surface area contributed by atoms with E-state index in [1.807, 2.05) is 0 Å². The second-order valence-corrected chi connectivity index (χ2v) is 6.62. The van der Waals surface area contributed by atoms with Crippen LogP contribution in [-0.2, 0) is 0 Å². The Labute approximate surface area is 149 Å². The molecule has 3 N–H and O–H groups in total. The number of halogens is 4. The van der Waals surface area contributed by atoms with Gasteiger partial charge in [0.05, 0.1) is 26.3 Å². The molecular formula is C13H5Br2ClFN3O3. The van der Waals surface area contributed by atoms with Gasteiger partial charge in [0, 0.05) is 10.5 Å². The lowest BCUT2D eigenvalue weighted by molar-refractivity contribution is 0.0880. The van der Waals surface area contributed by atoms with Gasteiger partial charge in [0.2, 0.25) is 0 Å². The Morgan fingerprint density at radius 2 is 1.83 bits per heavy atom. The first-order valence-electron chi connectivity index (χ1n) is 5.98. The number of amides is 2. The SMILES string of the molecule is Nc1c2c(cc(=O)n1-c1c(Br)cc(F)c(Cl)c1Br)C(=O)NC2=O. The van der Waals surface area contributed by atoms with E-state index in [1.165, 1.54) is 0 Å². The number of hydrogen-bond acceptors (Lipinski definition) is 4. The van der Waals surface area contributed by atoms with Crippen molar-refractivity contribution in [3.8, 4) is 5.69 Å². The van der Waals surface area contributed by atoms with E-state index in [0.717, 1.165) is 16.7 Å². The van der Waals surface area contributed by atoms with Gasteiger partial charge in [-0.2, -0.15) is 0 Å². The molecule has 0 saturated heterocycles. The molecule has 118 valence electrons. The number of anilines is 1. The van der Waals surface area contributed by atoms with Crippen LogP contribution in [0.15, 0.2) is 25.9 Å². The van der Waals surface area contributed by atoms with Crippen LogP contribution >= 0.6 is 43.5 Å². The Hall–Kier alpha value is -1.71. The third-order valence-corrected chi connectivity index (χ3v) is 5.24. The van der Waals surface area contributed by atoms with Gasteiger partial charge in [0.1, 0.15) is 11.6 Å². The zero-order valence-electron chi connectivity index (χ0n) is 10.9. The molecule has 0 spiro atoms. The van der Waals surface area contributed by atoms with Gasteiger partial charge in [-0.05, 0) is 37.9 Å². The van der Waals surface area contributed by atoms with Gasteiger partial charge in [-0.15, -0.1) is 0 Å². The van der Waals surface area contributed by atoms with Crippen molar-refractivity contribution in [2.24, 2.45) is 0 Å². The van der Waals surface area contributed by atoms with Crippen LogP contribution in [0.4, 0.5) is 10.2 Å². The van der Waals surface area contributed by atoms with E-state index < -0.39 is 23.2 Å². The lowest BCUT2D eigenvalue weighted by Crippen LogP contribution is -2.24. The zero-order valence-corrected chi connectivity index (χ0v) is 14.8. The smallest absolute Gasteiger partial charge is 0.262 e. The van der Waals surface area contributed by atoms with E-state index in [4.69, 9.17) is 17.3 Å². The van der Waals surface area contributed by atoms with E-state index in [2.05, 4.69) is 37.2 Å². The molecule has 1 aromatic heterocycles. The first kappa shape index (κ1) is 16.2. The van der Waals surface area contributed by atoms with Gasteiger partial charge in [-0.25, -0.2) is 4.39 Å². The first-order valence-corrected chi connectivity index (χ1v) is 7.95. The van der Waals surface area contributed by atoms with Crippen molar-refractivity contribution in [2.75, 3.05) is 5.73 Å². The molecule has 2 aromatic rings. The number of nitrogens with zero attached hydrogens (tertiary/aromatic N) is 1. The highest BCUT2D eigenvalue weighted by Crippen LogP contribution is 2.38. The lowest BCUT2D eigenvalue weighted by atomic mass is 10.1. The Bertz CT molecular complexity index is 974. The van der Waals surface area contributed by atoms with Crippen LogP contribution in [0.3, 0.4) is 0 Å². The van der Waals surface area contributed by atoms with Crippen molar-refractivity contribution in [1.29, 1.82) is 0 Å². The van der Waals surface area contributed by atoms with E-state index in [1.54, 1.807) is 0 Å². The number of benzene rings is 1. The molecule has 0 atom stereocenters. The number of fused-ring (bicyclic) bond motifs is 1. The molecule has 0 fully saturated rings. The number of nitrogens with two attached hydrogens (primary N) is 1. The third kappa shape index (κ3) is 2.30. The molecule has 3 rings (SSSR count). The molecule has 0 saturated carbocycles. The minimum Gasteiger partial charge on any atom is -0.384 e. The maximum absolute atomic E-state index is 13.7. The van der Waals surface area contributed by atoms with Gasteiger partial charge < -0.3 is 5.73 Å². The monoisotopic (exact) mass is 463 g/mol. The van der Waals surface area contributed by atoms with Gasteiger partial charge in [0.25, 0.3) is 17.4 Å². The molecule has 10 heteroatoms. The maximum atomic E-state index is 13.7. The summed E-state index contributed by atoms with van der Waals surface area (Å²) in [5, 5.41) is 1.80. The number of rotatable bonds is 1. The summed E-state index contributed by atoms with van der Waals surface area (Å²) in [7, 11) is 0. The maximum Gasteiger partial charge on any atom is 0.262 e. The van der Waals surface area contributed by atoms with Crippen molar-refractivity contribution >= 4 is 61.1 Å². The first-order chi connectivity index (χ1) is 10.7. The van der Waals surface area contributed by atoms with Crippen LogP contribution < -0.4 is 16.6 Å². The van der Waals surface area contributed by atoms with Crippen molar-refractivity contribution in [3.63, 3.8) is 0 Å². The standard InChI is InChI=1S/C13H5Br2ClFN3O3/c14-4-2-5(17)9(16)8(15)10(4)20-6(21)1-3-7(11(20)18)13(23)19-12(3)22/h1-2H,18H2,(H,19,22,23). The molecule has 23 heavy (non-hydrogen) atoms. The fraction of sp³-hybridized carbons (Fsp3) is 0. The molecule has 0 radical (unpaired) electrons. The molecule has 0 aliphatic carbocycles. The minimum atomic E-state index is -0.713. The largest absolute Gasteiger partial charge is 0.384 e. The number of imide groups is 1. The van der Waals surface area contributed by atoms with E-state index in [-0.39, 0.29) is 36.6 Å². The fourth-order valence-electron chi connectivity index (χ4n) is 2.27. The van der Waals surface area contributed by atoms with Crippen LogP contribution in [0.5, 0.6) is 0 Å². The molecular weight excluding hydrogens is 460 g/mol. The molecule has 2 heterocycles. The van der Waals surface area contributed by atoms with Gasteiger partial charge in [-0.3, -0.25) is 24.3 Å². The topological polar surface area (TPSA) is 94.2 Å². The third-order valence-electron chi connectivity index (χ3n) is 3.27. The molecule has 0 unspecified atom stereocenters. The fourth-order valence-corrected chi connectivity index (χ4v) is 3.84. The Balaban J connectivity index is 2.43. The van der Waals surface area contributed by atoms with Crippen molar-refractivity contribution < 1.29 is 14.0 Å². The predicted octanol–water partition coefficient (Wildman–Crippen LogP) is 2.62. The minimum absolute atomic E-state index is 0.0736. The van der Waals surface area contributed by atoms with E-state index >= 15 is 0 Å². The second kappa shape index (κ2) is 5.43. The Morgan fingerprint density at radius 3 is 2.48 bits per heavy atom. The Morgan fingerprint density at radius 1 is 1.17 bits per heavy atom. The summed E-state index contributed by atoms with van der Waals surface area (Å²) in [4.78, 5) is 35.8. The lowest BCUT2D eigenvalue weighted by Gasteiger charge is -2.16. The van der Waals surface area contributed by atoms with Crippen LogP contribution in [0.25, 0.3) is 5.69 Å². The van der Waals surface area contributed by atoms with Gasteiger partial charge in [0.15, 0.2) is 0 Å². The molecule has 2 amide bonds. The van der Waals surface area contributed by atoms with Crippen molar-refractivity contribution in [2.45, 2.75) is 0 Å². The summed E-state index contributed by atoms with van der Waals surface area (Å²) >= 11 is 12.1. The molecule has 1 aromatic carbocycles. The summed E-state index contributed by atoms with van der Waals surface area (Å²) in [5.41, 5.74) is 5.15. The van der Waals surface area contributed by atoms with Crippen LogP contribution in [-0.4, -0.2) is 16.4 Å². The van der Waals surface area contributed by atoms with Crippen LogP contribution in [0, 0.1) is 5.82 Å². The molecule has 1 aliphatic heterocycles. The second-order valence-electron chi connectivity index (χ2n) is 4.59. The number of carbonyl (C=O) groups excluding carboxylic acids is 2. The zero-order chi connectivity index (χ0) is 17.0. The number of nitrogens with one attached hydrogen (secondary N) is 1. The Kier molecular flexibility index (Phi) is 3.81. The quantitative estimate of drug-likeness (QED) is 0.385. The van der Waals surface area contributed by atoms with Gasteiger partial charge in [-0.1, -0.05) is 11.6 Å². The van der Waals surface area contributed by atoms with E-state index in [0.29, 0.717) is 0 Å². The average Bonchev–Trinajstić information content (AvgIpc) is 2.74. The number of pyridine rings is 1. The van der Waals surface area contributed by atoms with Crippen LogP contribution in [0.2, 0.25) is 5.02 Å². The normalized spacial score (nSPS) is 13.2.